The van der Waals surface area contributed by atoms with E-state index in [1.807, 2.05) is 13.8 Å². The minimum absolute atomic E-state index is 0.0384. The van der Waals surface area contributed by atoms with Crippen LogP contribution in [0.4, 0.5) is 0 Å². The summed E-state index contributed by atoms with van der Waals surface area (Å²) in [4.78, 5) is 0. The van der Waals surface area contributed by atoms with Crippen LogP contribution in [-0.2, 0) is 9.47 Å². The molecule has 4 saturated carbocycles. The Morgan fingerprint density at radius 3 is 2.23 bits per heavy atom. The van der Waals surface area contributed by atoms with Crippen LogP contribution in [-0.4, -0.2) is 30.2 Å². The Hall–Kier alpha value is -0.120. The molecule has 5 aliphatic rings. The Balaban J connectivity index is 0.000000814. The van der Waals surface area contributed by atoms with Crippen molar-refractivity contribution in [3.8, 4) is 0 Å². The van der Waals surface area contributed by atoms with Crippen LogP contribution < -0.4 is 0 Å². The lowest BCUT2D eigenvalue weighted by Crippen LogP contribution is -2.57. The topological polar surface area (TPSA) is 38.7 Å². The van der Waals surface area contributed by atoms with Crippen LogP contribution >= 0.6 is 0 Å². The molecular weight excluding hydrogens is 324 g/mol. The summed E-state index contributed by atoms with van der Waals surface area (Å²) in [5, 5.41) is 10.2. The summed E-state index contributed by atoms with van der Waals surface area (Å²) >= 11 is 0. The highest BCUT2D eigenvalue weighted by molar-refractivity contribution is 5.12. The third kappa shape index (κ3) is 2.49. The molecule has 3 heteroatoms. The smallest absolute Gasteiger partial charge is 0.174 e. The molecular formula is C23H40O3. The molecule has 1 N–H and O–H groups in total. The van der Waals surface area contributed by atoms with Gasteiger partial charge in [0.05, 0.1) is 19.3 Å². The van der Waals surface area contributed by atoms with E-state index in [4.69, 9.17) is 9.47 Å². The average molecular weight is 365 g/mol. The highest BCUT2D eigenvalue weighted by atomic mass is 16.7. The molecule has 1 saturated heterocycles. The molecule has 0 aromatic rings. The SMILES string of the molecule is CC.CC12CCC(O)CC1CCC1C2CCC2(C)C1CCC21OCCO1. The Kier molecular flexibility index (Phi) is 4.98. The molecule has 1 spiro atoms. The van der Waals surface area contributed by atoms with Gasteiger partial charge in [0.2, 0.25) is 0 Å². The van der Waals surface area contributed by atoms with Gasteiger partial charge in [-0.15, -0.1) is 0 Å². The molecule has 5 fully saturated rings. The molecule has 5 rings (SSSR count). The summed E-state index contributed by atoms with van der Waals surface area (Å²) < 4.78 is 12.5. The number of aliphatic hydroxyl groups is 1. The van der Waals surface area contributed by atoms with Crippen LogP contribution in [0.15, 0.2) is 0 Å². The minimum Gasteiger partial charge on any atom is -0.393 e. The Morgan fingerprint density at radius 2 is 1.50 bits per heavy atom. The normalized spacial score (nSPS) is 51.8. The van der Waals surface area contributed by atoms with Gasteiger partial charge in [0.25, 0.3) is 0 Å². The van der Waals surface area contributed by atoms with E-state index in [9.17, 15) is 5.11 Å². The highest BCUT2D eigenvalue weighted by Gasteiger charge is 2.67. The van der Waals surface area contributed by atoms with Crippen LogP contribution in [0.3, 0.4) is 0 Å². The lowest BCUT2D eigenvalue weighted by Gasteiger charge is -2.61. The van der Waals surface area contributed by atoms with E-state index in [1.165, 1.54) is 38.5 Å². The number of ether oxygens (including phenoxy) is 2. The molecule has 150 valence electrons. The fraction of sp³-hybridized carbons (Fsp3) is 1.00. The van der Waals surface area contributed by atoms with Crippen LogP contribution in [0.1, 0.15) is 85.5 Å². The summed E-state index contributed by atoms with van der Waals surface area (Å²) in [5.74, 6) is 2.98. The van der Waals surface area contributed by atoms with Crippen molar-refractivity contribution in [3.63, 3.8) is 0 Å². The van der Waals surface area contributed by atoms with Gasteiger partial charge in [0, 0.05) is 11.8 Å². The fourth-order valence-corrected chi connectivity index (χ4v) is 8.12. The molecule has 4 aliphatic carbocycles. The largest absolute Gasteiger partial charge is 0.393 e. The average Bonchev–Trinajstić information content (AvgIpc) is 3.24. The van der Waals surface area contributed by atoms with Gasteiger partial charge in [0.15, 0.2) is 5.79 Å². The molecule has 26 heavy (non-hydrogen) atoms. The monoisotopic (exact) mass is 364 g/mol. The number of aliphatic hydroxyl groups excluding tert-OH is 1. The third-order valence-electron chi connectivity index (χ3n) is 9.44. The number of hydrogen-bond donors (Lipinski definition) is 1. The molecule has 7 unspecified atom stereocenters. The second-order valence-electron chi connectivity index (χ2n) is 10.0. The zero-order chi connectivity index (χ0) is 18.6. The summed E-state index contributed by atoms with van der Waals surface area (Å²) in [5.41, 5.74) is 0.693. The van der Waals surface area contributed by atoms with E-state index in [2.05, 4.69) is 13.8 Å². The number of hydrogen-bond acceptors (Lipinski definition) is 3. The van der Waals surface area contributed by atoms with Crippen molar-refractivity contribution in [1.29, 1.82) is 0 Å². The molecule has 0 aromatic carbocycles. The van der Waals surface area contributed by atoms with Gasteiger partial charge < -0.3 is 14.6 Å². The number of fused-ring (bicyclic) bond motifs is 6. The van der Waals surface area contributed by atoms with Crippen molar-refractivity contribution < 1.29 is 14.6 Å². The number of rotatable bonds is 0. The van der Waals surface area contributed by atoms with E-state index < -0.39 is 0 Å². The van der Waals surface area contributed by atoms with Crippen LogP contribution in [0.25, 0.3) is 0 Å². The van der Waals surface area contributed by atoms with Crippen molar-refractivity contribution in [2.75, 3.05) is 13.2 Å². The molecule has 3 nitrogen and oxygen atoms in total. The first-order valence-electron chi connectivity index (χ1n) is 11.4. The van der Waals surface area contributed by atoms with E-state index in [0.717, 1.165) is 56.1 Å². The maximum absolute atomic E-state index is 10.2. The predicted octanol–water partition coefficient (Wildman–Crippen LogP) is 5.16. The van der Waals surface area contributed by atoms with Crippen LogP contribution in [0, 0.1) is 34.5 Å². The quantitative estimate of drug-likeness (QED) is 0.645. The zero-order valence-corrected chi connectivity index (χ0v) is 17.4. The second kappa shape index (κ2) is 6.74. The third-order valence-corrected chi connectivity index (χ3v) is 9.44. The molecule has 0 aromatic heterocycles. The van der Waals surface area contributed by atoms with E-state index in [0.29, 0.717) is 5.41 Å². The van der Waals surface area contributed by atoms with Gasteiger partial charge in [-0.05, 0) is 80.5 Å². The predicted molar refractivity (Wildman–Crippen MR) is 104 cm³/mol. The Morgan fingerprint density at radius 1 is 0.808 bits per heavy atom. The summed E-state index contributed by atoms with van der Waals surface area (Å²) in [7, 11) is 0. The standard InChI is InChI=1S/C21H34O3.C2H6/c1-19-8-5-15(22)13-14(19)3-4-16-17(19)6-9-20(2)18(16)7-10-21(20)23-11-12-24-21;1-2/h14-18,22H,3-13H2,1-2H3;1-2H3. The van der Waals surface area contributed by atoms with E-state index in [-0.39, 0.29) is 17.3 Å². The van der Waals surface area contributed by atoms with Crippen molar-refractivity contribution in [3.05, 3.63) is 0 Å². The maximum Gasteiger partial charge on any atom is 0.174 e. The van der Waals surface area contributed by atoms with Crippen molar-refractivity contribution in [2.45, 2.75) is 97.4 Å². The van der Waals surface area contributed by atoms with E-state index >= 15 is 0 Å². The van der Waals surface area contributed by atoms with Crippen molar-refractivity contribution in [2.24, 2.45) is 34.5 Å². The Labute approximate surface area is 160 Å². The summed E-state index contributed by atoms with van der Waals surface area (Å²) in [6.45, 7) is 10.6. The summed E-state index contributed by atoms with van der Waals surface area (Å²) in [6.07, 6.45) is 11.0. The van der Waals surface area contributed by atoms with Crippen molar-refractivity contribution in [1.82, 2.24) is 0 Å². The second-order valence-corrected chi connectivity index (χ2v) is 10.0. The lowest BCUT2D eigenvalue weighted by molar-refractivity contribution is -0.247. The van der Waals surface area contributed by atoms with Gasteiger partial charge >= 0.3 is 0 Å². The molecule has 0 bridgehead atoms. The molecule has 7 atom stereocenters. The van der Waals surface area contributed by atoms with Gasteiger partial charge in [0.1, 0.15) is 0 Å². The lowest BCUT2D eigenvalue weighted by atomic mass is 9.45. The van der Waals surface area contributed by atoms with Crippen LogP contribution in [0.2, 0.25) is 0 Å². The van der Waals surface area contributed by atoms with Gasteiger partial charge in [-0.25, -0.2) is 0 Å². The van der Waals surface area contributed by atoms with Gasteiger partial charge in [-0.1, -0.05) is 27.7 Å². The first-order valence-corrected chi connectivity index (χ1v) is 11.4. The van der Waals surface area contributed by atoms with Gasteiger partial charge in [-0.3, -0.25) is 0 Å². The highest BCUT2D eigenvalue weighted by Crippen LogP contribution is 2.69. The fourth-order valence-electron chi connectivity index (χ4n) is 8.12. The molecule has 0 radical (unpaired) electrons. The molecule has 0 amide bonds. The molecule has 1 aliphatic heterocycles. The minimum atomic E-state index is -0.261. The van der Waals surface area contributed by atoms with E-state index in [1.54, 1.807) is 0 Å². The zero-order valence-electron chi connectivity index (χ0n) is 17.4. The van der Waals surface area contributed by atoms with Crippen LogP contribution in [0.5, 0.6) is 0 Å². The first-order chi connectivity index (χ1) is 12.5. The first kappa shape index (κ1) is 19.2. The molecule has 1 heterocycles. The van der Waals surface area contributed by atoms with Crippen molar-refractivity contribution >= 4 is 0 Å². The Bertz CT molecular complexity index is 514. The summed E-state index contributed by atoms with van der Waals surface area (Å²) in [6, 6.07) is 0. The maximum atomic E-state index is 10.2. The van der Waals surface area contributed by atoms with Gasteiger partial charge in [-0.2, -0.15) is 0 Å².